The molecule has 0 bridgehead atoms. The van der Waals surface area contributed by atoms with Crippen LogP contribution in [0.1, 0.15) is 6.42 Å². The first kappa shape index (κ1) is 16.5. The molecule has 0 atom stereocenters. The van der Waals surface area contributed by atoms with Crippen molar-refractivity contribution in [3.63, 3.8) is 0 Å². The summed E-state index contributed by atoms with van der Waals surface area (Å²) in [4.78, 5) is 2.14. The Kier molecular flexibility index (Phi) is 5.70. The molecule has 9 heteroatoms. The van der Waals surface area contributed by atoms with Crippen LogP contribution in [0, 0.1) is 0 Å². The summed E-state index contributed by atoms with van der Waals surface area (Å²) < 4.78 is 27.1. The van der Waals surface area contributed by atoms with Crippen LogP contribution < -0.4 is 0 Å². The van der Waals surface area contributed by atoms with Gasteiger partial charge in [-0.15, -0.1) is 11.3 Å². The minimum atomic E-state index is -3.60. The summed E-state index contributed by atoms with van der Waals surface area (Å²) in [7, 11) is -3.60. The van der Waals surface area contributed by atoms with Gasteiger partial charge in [0.2, 0.25) is 10.0 Å². The van der Waals surface area contributed by atoms with Crippen molar-refractivity contribution in [3.05, 3.63) is 14.7 Å². The molecule has 2 heterocycles. The van der Waals surface area contributed by atoms with Crippen LogP contribution in [-0.2, 0) is 10.0 Å². The molecule has 0 aliphatic carbocycles. The van der Waals surface area contributed by atoms with E-state index in [1.165, 1.54) is 10.4 Å². The third kappa shape index (κ3) is 3.65. The van der Waals surface area contributed by atoms with E-state index in [0.29, 0.717) is 30.5 Å². The number of sulfonamides is 1. The van der Waals surface area contributed by atoms with Crippen LogP contribution in [0.3, 0.4) is 0 Å². The van der Waals surface area contributed by atoms with E-state index in [9.17, 15) is 8.42 Å². The summed E-state index contributed by atoms with van der Waals surface area (Å²) in [5.41, 5.74) is 0. The van der Waals surface area contributed by atoms with Gasteiger partial charge in [0.05, 0.1) is 10.9 Å². The van der Waals surface area contributed by atoms with E-state index in [1.54, 1.807) is 0 Å². The maximum absolute atomic E-state index is 12.6. The molecule has 0 radical (unpaired) electrons. The average Bonchev–Trinajstić information content (AvgIpc) is 2.61. The molecular weight excluding hydrogens is 343 g/mol. The predicted molar refractivity (Wildman–Crippen MR) is 81.2 cm³/mol. The zero-order valence-corrected chi connectivity index (χ0v) is 13.9. The van der Waals surface area contributed by atoms with Crippen molar-refractivity contribution >= 4 is 44.6 Å². The van der Waals surface area contributed by atoms with E-state index >= 15 is 0 Å². The highest BCUT2D eigenvalue weighted by Gasteiger charge is 2.30. The molecule has 0 unspecified atom stereocenters. The maximum Gasteiger partial charge on any atom is 0.245 e. The van der Waals surface area contributed by atoms with Crippen molar-refractivity contribution in [2.24, 2.45) is 0 Å². The molecule has 5 nitrogen and oxygen atoms in total. The largest absolute Gasteiger partial charge is 0.395 e. The van der Waals surface area contributed by atoms with Gasteiger partial charge in [-0.3, -0.25) is 4.90 Å². The summed E-state index contributed by atoms with van der Waals surface area (Å²) in [6.07, 6.45) is 0.731. The second-order valence-electron chi connectivity index (χ2n) is 4.51. The number of nitrogens with zero attached hydrogens (tertiary/aromatic N) is 2. The van der Waals surface area contributed by atoms with E-state index < -0.39 is 10.0 Å². The highest BCUT2D eigenvalue weighted by molar-refractivity contribution is 7.89. The molecule has 1 aromatic rings. The van der Waals surface area contributed by atoms with Crippen LogP contribution in [0.5, 0.6) is 0 Å². The van der Waals surface area contributed by atoms with E-state index in [-0.39, 0.29) is 15.8 Å². The number of β-amino-alcohol motifs (C(OH)–C–C–N with tert-alkyl or cyclic N) is 1. The number of aliphatic hydroxyl groups is 1. The highest BCUT2D eigenvalue weighted by atomic mass is 35.5. The second kappa shape index (κ2) is 6.91. The lowest BCUT2D eigenvalue weighted by molar-refractivity contribution is 0.202. The van der Waals surface area contributed by atoms with E-state index in [2.05, 4.69) is 4.90 Å². The molecule has 0 amide bonds. The predicted octanol–water partition coefficient (Wildman–Crippen LogP) is 1.74. The fraction of sp³-hybridized carbons (Fsp3) is 0.636. The number of rotatable bonds is 4. The zero-order valence-electron chi connectivity index (χ0n) is 10.8. The van der Waals surface area contributed by atoms with Gasteiger partial charge >= 0.3 is 0 Å². The SMILES string of the molecule is O=S(=O)(c1cc(Cl)sc1Cl)N1CCCN(CCO)CC1. The van der Waals surface area contributed by atoms with Crippen molar-refractivity contribution < 1.29 is 13.5 Å². The molecular formula is C11H16Cl2N2O3S2. The van der Waals surface area contributed by atoms with Crippen LogP contribution in [-0.4, -0.2) is 62.1 Å². The summed E-state index contributed by atoms with van der Waals surface area (Å²) in [5.74, 6) is 0. The van der Waals surface area contributed by atoms with Crippen LogP contribution in [0.15, 0.2) is 11.0 Å². The molecule has 1 aromatic heterocycles. The number of thiophene rings is 1. The van der Waals surface area contributed by atoms with Crippen molar-refractivity contribution in [2.45, 2.75) is 11.3 Å². The van der Waals surface area contributed by atoms with Gasteiger partial charge in [-0.1, -0.05) is 23.2 Å². The Labute approximate surface area is 132 Å². The van der Waals surface area contributed by atoms with E-state index in [0.717, 1.165) is 24.3 Å². The third-order valence-electron chi connectivity index (χ3n) is 3.21. The standard InChI is InChI=1S/C11H16Cl2N2O3S2/c12-10-8-9(11(13)19-10)20(17,18)15-3-1-2-14(4-5-15)6-7-16/h8,16H,1-7H2. The molecule has 0 spiro atoms. The third-order valence-corrected chi connectivity index (χ3v) is 6.86. The number of aliphatic hydroxyl groups excluding tert-OH is 1. The Morgan fingerprint density at radius 1 is 1.25 bits per heavy atom. The first-order chi connectivity index (χ1) is 9.45. The highest BCUT2D eigenvalue weighted by Crippen LogP contribution is 2.35. The normalized spacial score (nSPS) is 19.1. The molecule has 1 fully saturated rings. The van der Waals surface area contributed by atoms with Crippen molar-refractivity contribution in [1.82, 2.24) is 9.21 Å². The van der Waals surface area contributed by atoms with Crippen molar-refractivity contribution in [1.29, 1.82) is 0 Å². The molecule has 114 valence electrons. The lowest BCUT2D eigenvalue weighted by Gasteiger charge is -2.20. The molecule has 1 aliphatic rings. The zero-order chi connectivity index (χ0) is 14.8. The fourth-order valence-corrected chi connectivity index (χ4v) is 5.78. The quantitative estimate of drug-likeness (QED) is 0.890. The molecule has 0 saturated carbocycles. The lowest BCUT2D eigenvalue weighted by atomic mass is 10.4. The van der Waals surface area contributed by atoms with Gasteiger partial charge in [0.25, 0.3) is 0 Å². The fourth-order valence-electron chi connectivity index (χ4n) is 2.19. The molecule has 20 heavy (non-hydrogen) atoms. The Hall–Kier alpha value is 0.110. The summed E-state index contributed by atoms with van der Waals surface area (Å²) >= 11 is 12.8. The Balaban J connectivity index is 2.16. The van der Waals surface area contributed by atoms with Gasteiger partial charge in [0, 0.05) is 26.2 Å². The van der Waals surface area contributed by atoms with Crippen molar-refractivity contribution in [3.8, 4) is 0 Å². The molecule has 0 aromatic carbocycles. The second-order valence-corrected chi connectivity index (χ2v) is 8.70. The van der Waals surface area contributed by atoms with Crippen LogP contribution in [0.25, 0.3) is 0 Å². The Bertz CT molecular complexity index is 562. The molecule has 1 aliphatic heterocycles. The van der Waals surface area contributed by atoms with E-state index in [4.69, 9.17) is 28.3 Å². The van der Waals surface area contributed by atoms with Crippen LogP contribution >= 0.6 is 34.5 Å². The molecule has 1 saturated heterocycles. The maximum atomic E-state index is 12.6. The van der Waals surface area contributed by atoms with Crippen LogP contribution in [0.2, 0.25) is 8.67 Å². The van der Waals surface area contributed by atoms with Crippen LogP contribution in [0.4, 0.5) is 0 Å². The lowest BCUT2D eigenvalue weighted by Crippen LogP contribution is -2.35. The summed E-state index contributed by atoms with van der Waals surface area (Å²) in [6, 6.07) is 1.40. The van der Waals surface area contributed by atoms with Crippen molar-refractivity contribution in [2.75, 3.05) is 39.3 Å². The summed E-state index contributed by atoms with van der Waals surface area (Å²) in [5, 5.41) is 8.95. The first-order valence-corrected chi connectivity index (χ1v) is 9.24. The Morgan fingerprint density at radius 3 is 2.60 bits per heavy atom. The monoisotopic (exact) mass is 358 g/mol. The number of halogens is 2. The summed E-state index contributed by atoms with van der Waals surface area (Å²) in [6.45, 7) is 2.89. The smallest absolute Gasteiger partial charge is 0.245 e. The minimum absolute atomic E-state index is 0.0821. The number of hydrogen-bond acceptors (Lipinski definition) is 5. The minimum Gasteiger partial charge on any atom is -0.395 e. The van der Waals surface area contributed by atoms with Gasteiger partial charge in [0.15, 0.2) is 0 Å². The molecule has 2 rings (SSSR count). The van der Waals surface area contributed by atoms with Gasteiger partial charge in [0.1, 0.15) is 9.23 Å². The van der Waals surface area contributed by atoms with Gasteiger partial charge < -0.3 is 5.11 Å². The van der Waals surface area contributed by atoms with Gasteiger partial charge in [-0.2, -0.15) is 4.31 Å². The number of hydrogen-bond donors (Lipinski definition) is 1. The average molecular weight is 359 g/mol. The topological polar surface area (TPSA) is 60.9 Å². The van der Waals surface area contributed by atoms with E-state index in [1.807, 2.05) is 0 Å². The Morgan fingerprint density at radius 2 is 2.00 bits per heavy atom. The van der Waals surface area contributed by atoms with Gasteiger partial charge in [-0.05, 0) is 19.0 Å². The van der Waals surface area contributed by atoms with Gasteiger partial charge in [-0.25, -0.2) is 8.42 Å². The molecule has 1 N–H and O–H groups in total. The first-order valence-electron chi connectivity index (χ1n) is 6.23.